The maximum Gasteiger partial charge on any atom is 0.261 e. The third-order valence-corrected chi connectivity index (χ3v) is 5.44. The lowest BCUT2D eigenvalue weighted by atomic mass is 10.0. The quantitative estimate of drug-likeness (QED) is 0.444. The molecule has 0 radical (unpaired) electrons. The van der Waals surface area contributed by atoms with E-state index in [0.29, 0.717) is 12.0 Å². The molecule has 0 bridgehead atoms. The molecule has 3 aromatic carbocycles. The van der Waals surface area contributed by atoms with E-state index in [9.17, 15) is 4.79 Å². The Bertz CT molecular complexity index is 1430. The van der Waals surface area contributed by atoms with E-state index in [1.54, 1.807) is 18.7 Å². The molecule has 0 saturated heterocycles. The fourth-order valence-corrected chi connectivity index (χ4v) is 3.90. The molecule has 148 valence electrons. The number of aromatic nitrogens is 3. The van der Waals surface area contributed by atoms with Gasteiger partial charge in [-0.15, -0.1) is 0 Å². The van der Waals surface area contributed by atoms with Crippen molar-refractivity contribution in [3.63, 3.8) is 0 Å². The summed E-state index contributed by atoms with van der Waals surface area (Å²) >= 11 is 0. The van der Waals surface area contributed by atoms with Gasteiger partial charge in [-0.3, -0.25) is 9.36 Å². The molecule has 0 atom stereocenters. The monoisotopic (exact) mass is 395 g/mol. The first-order valence-corrected chi connectivity index (χ1v) is 9.82. The number of fused-ring (bicyclic) bond motifs is 3. The zero-order valence-electron chi connectivity index (χ0n) is 16.9. The summed E-state index contributed by atoms with van der Waals surface area (Å²) in [5, 5.41) is 5.47. The molecule has 2 aromatic heterocycles. The van der Waals surface area contributed by atoms with Gasteiger partial charge in [0.2, 0.25) is 0 Å². The van der Waals surface area contributed by atoms with E-state index in [1.807, 2.05) is 71.2 Å². The van der Waals surface area contributed by atoms with E-state index < -0.39 is 0 Å². The Hall–Kier alpha value is -3.70. The highest BCUT2D eigenvalue weighted by Crippen LogP contribution is 2.26. The maximum atomic E-state index is 13.0. The van der Waals surface area contributed by atoms with E-state index in [1.165, 1.54) is 0 Å². The number of hydrogen-bond acceptors (Lipinski definition) is 3. The summed E-state index contributed by atoms with van der Waals surface area (Å²) in [4.78, 5) is 13.0. The molecular weight excluding hydrogens is 374 g/mol. The first-order valence-electron chi connectivity index (χ1n) is 9.82. The predicted octanol–water partition coefficient (Wildman–Crippen LogP) is 4.67. The van der Waals surface area contributed by atoms with Crippen LogP contribution in [0.15, 0.2) is 83.7 Å². The van der Waals surface area contributed by atoms with E-state index in [2.05, 4.69) is 12.1 Å². The largest absolute Gasteiger partial charge is 0.380 e. The summed E-state index contributed by atoms with van der Waals surface area (Å²) in [6, 6.07) is 26.1. The van der Waals surface area contributed by atoms with Crippen molar-refractivity contribution in [1.82, 2.24) is 14.2 Å². The van der Waals surface area contributed by atoms with Crippen LogP contribution < -0.4 is 5.56 Å². The summed E-state index contributed by atoms with van der Waals surface area (Å²) in [6.45, 7) is 0.561. The topological polar surface area (TPSA) is 48.5 Å². The summed E-state index contributed by atoms with van der Waals surface area (Å²) in [5.41, 5.74) is 6.60. The molecule has 0 fully saturated rings. The Labute approximate surface area is 173 Å². The lowest BCUT2D eigenvalue weighted by molar-refractivity contribution is 0.185. The van der Waals surface area contributed by atoms with Crippen LogP contribution in [0.1, 0.15) is 5.56 Å². The van der Waals surface area contributed by atoms with Crippen molar-refractivity contribution in [2.45, 2.75) is 6.61 Å². The molecule has 5 rings (SSSR count). The Morgan fingerprint density at radius 1 is 0.867 bits per heavy atom. The van der Waals surface area contributed by atoms with Gasteiger partial charge in [-0.1, -0.05) is 54.6 Å². The van der Waals surface area contributed by atoms with E-state index in [-0.39, 0.29) is 5.56 Å². The molecular formula is C25H21N3O2. The van der Waals surface area contributed by atoms with Gasteiger partial charge in [0.15, 0.2) is 0 Å². The average molecular weight is 395 g/mol. The number of hydrogen-bond donors (Lipinski definition) is 0. The maximum absolute atomic E-state index is 13.0. The second kappa shape index (κ2) is 7.28. The Morgan fingerprint density at radius 3 is 2.43 bits per heavy atom. The molecule has 0 spiro atoms. The zero-order valence-corrected chi connectivity index (χ0v) is 16.9. The van der Waals surface area contributed by atoms with Crippen LogP contribution in [0, 0.1) is 0 Å². The second-order valence-electron chi connectivity index (χ2n) is 7.40. The Balaban J connectivity index is 1.75. The van der Waals surface area contributed by atoms with E-state index in [0.717, 1.165) is 39.1 Å². The summed E-state index contributed by atoms with van der Waals surface area (Å²) < 4.78 is 8.78. The van der Waals surface area contributed by atoms with Crippen molar-refractivity contribution in [3.8, 4) is 22.4 Å². The van der Waals surface area contributed by atoms with Gasteiger partial charge in [-0.25, -0.2) is 4.52 Å². The summed E-state index contributed by atoms with van der Waals surface area (Å²) in [6.07, 6.45) is 0. The van der Waals surface area contributed by atoms with Gasteiger partial charge in [0.1, 0.15) is 5.65 Å². The average Bonchev–Trinajstić information content (AvgIpc) is 3.24. The lowest BCUT2D eigenvalue weighted by Gasteiger charge is -2.09. The van der Waals surface area contributed by atoms with Gasteiger partial charge in [-0.05, 0) is 34.9 Å². The third kappa shape index (κ3) is 3.00. The minimum absolute atomic E-state index is 0.0308. The molecule has 0 unspecified atom stereocenters. The number of nitrogens with zero attached hydrogens (tertiary/aromatic N) is 3. The SMILES string of the molecule is COCc1cccc(-c2ccc3c(=O)n(C)c4cc(-c5ccccc5)nn4c3c2)c1. The Morgan fingerprint density at radius 2 is 1.63 bits per heavy atom. The summed E-state index contributed by atoms with van der Waals surface area (Å²) in [5.74, 6) is 0. The third-order valence-electron chi connectivity index (χ3n) is 5.44. The molecule has 0 aliphatic heterocycles. The van der Waals surface area contributed by atoms with Crippen LogP contribution >= 0.6 is 0 Å². The van der Waals surface area contributed by atoms with Crippen LogP contribution in [0.25, 0.3) is 38.9 Å². The van der Waals surface area contributed by atoms with Crippen molar-refractivity contribution in [1.29, 1.82) is 0 Å². The van der Waals surface area contributed by atoms with Gasteiger partial charge >= 0.3 is 0 Å². The standard InChI is InChI=1S/C25H21N3O2/c1-27-24-15-22(18-8-4-3-5-9-18)26-28(24)23-14-20(11-12-21(23)25(27)29)19-10-6-7-17(13-19)16-30-2/h3-15H,16H2,1-2H3. The number of rotatable bonds is 4. The van der Waals surface area contributed by atoms with Gasteiger partial charge in [-0.2, -0.15) is 5.10 Å². The minimum atomic E-state index is -0.0308. The van der Waals surface area contributed by atoms with Gasteiger partial charge < -0.3 is 4.74 Å². The van der Waals surface area contributed by atoms with Gasteiger partial charge in [0.05, 0.1) is 23.2 Å². The first-order chi connectivity index (χ1) is 14.7. The van der Waals surface area contributed by atoms with Crippen molar-refractivity contribution in [2.75, 3.05) is 7.11 Å². The highest BCUT2D eigenvalue weighted by Gasteiger charge is 2.14. The van der Waals surface area contributed by atoms with Crippen LogP contribution in [0.2, 0.25) is 0 Å². The minimum Gasteiger partial charge on any atom is -0.380 e. The predicted molar refractivity (Wildman–Crippen MR) is 120 cm³/mol. The molecule has 0 amide bonds. The fourth-order valence-electron chi connectivity index (χ4n) is 3.90. The van der Waals surface area contributed by atoms with Gasteiger partial charge in [0.25, 0.3) is 5.56 Å². The summed E-state index contributed by atoms with van der Waals surface area (Å²) in [7, 11) is 3.48. The highest BCUT2D eigenvalue weighted by molar-refractivity contribution is 5.86. The van der Waals surface area contributed by atoms with Crippen molar-refractivity contribution < 1.29 is 4.74 Å². The van der Waals surface area contributed by atoms with Crippen LogP contribution in [-0.4, -0.2) is 21.3 Å². The molecule has 0 N–H and O–H groups in total. The number of methoxy groups -OCH3 is 1. The normalized spacial score (nSPS) is 11.4. The second-order valence-corrected chi connectivity index (χ2v) is 7.40. The highest BCUT2D eigenvalue weighted by atomic mass is 16.5. The zero-order chi connectivity index (χ0) is 20.7. The fraction of sp³-hybridized carbons (Fsp3) is 0.120. The van der Waals surface area contributed by atoms with Crippen LogP contribution in [-0.2, 0) is 18.4 Å². The smallest absolute Gasteiger partial charge is 0.261 e. The number of ether oxygens (including phenoxy) is 1. The van der Waals surface area contributed by atoms with Crippen LogP contribution in [0.3, 0.4) is 0 Å². The number of aryl methyl sites for hydroxylation is 1. The van der Waals surface area contributed by atoms with Crippen molar-refractivity contribution in [2.24, 2.45) is 7.05 Å². The molecule has 5 heteroatoms. The molecule has 30 heavy (non-hydrogen) atoms. The van der Waals surface area contributed by atoms with Crippen molar-refractivity contribution >= 4 is 16.6 Å². The first kappa shape index (κ1) is 18.3. The molecule has 0 aliphatic carbocycles. The van der Waals surface area contributed by atoms with E-state index in [4.69, 9.17) is 9.84 Å². The molecule has 5 nitrogen and oxygen atoms in total. The number of benzene rings is 3. The molecule has 0 aliphatic rings. The van der Waals surface area contributed by atoms with E-state index >= 15 is 0 Å². The molecule has 0 saturated carbocycles. The lowest BCUT2D eigenvalue weighted by Crippen LogP contribution is -2.19. The van der Waals surface area contributed by atoms with Gasteiger partial charge in [0, 0.05) is 25.8 Å². The van der Waals surface area contributed by atoms with Crippen LogP contribution in [0.5, 0.6) is 0 Å². The Kier molecular flexibility index (Phi) is 4.45. The van der Waals surface area contributed by atoms with Crippen molar-refractivity contribution in [3.05, 3.63) is 94.8 Å². The molecule has 5 aromatic rings. The molecule has 2 heterocycles. The van der Waals surface area contributed by atoms with Crippen LogP contribution in [0.4, 0.5) is 0 Å².